The number of carbonyl (C=O) groups is 1. The van der Waals surface area contributed by atoms with Crippen LogP contribution in [0.2, 0.25) is 0 Å². The van der Waals surface area contributed by atoms with Crippen LogP contribution in [-0.2, 0) is 0 Å². The van der Waals surface area contributed by atoms with Crippen molar-refractivity contribution >= 4 is 17.3 Å². The summed E-state index contributed by atoms with van der Waals surface area (Å²) in [7, 11) is 0. The highest BCUT2D eigenvalue weighted by Crippen LogP contribution is 2.15. The zero-order chi connectivity index (χ0) is 12.3. The second kappa shape index (κ2) is 4.30. The van der Waals surface area contributed by atoms with E-state index in [-0.39, 0.29) is 16.9 Å². The van der Waals surface area contributed by atoms with Gasteiger partial charge in [0.15, 0.2) is 0 Å². The Morgan fingerprint density at radius 2 is 1.69 bits per heavy atom. The molecule has 0 unspecified atom stereocenters. The number of nitrogens with two attached hydrogens (primary N) is 2. The molecule has 88 valence electrons. The third kappa shape index (κ3) is 3.68. The fourth-order valence-electron chi connectivity index (χ4n) is 1.09. The van der Waals surface area contributed by atoms with Gasteiger partial charge in [-0.05, 0) is 18.2 Å². The molecule has 0 radical (unpaired) electrons. The molecule has 0 aliphatic rings. The van der Waals surface area contributed by atoms with Crippen molar-refractivity contribution in [3.8, 4) is 0 Å². The van der Waals surface area contributed by atoms with Crippen LogP contribution in [0.4, 0.5) is 24.5 Å². The summed E-state index contributed by atoms with van der Waals surface area (Å²) in [5.41, 5.74) is 11.2. The van der Waals surface area contributed by atoms with Gasteiger partial charge < -0.3 is 16.8 Å². The minimum atomic E-state index is -4.44. The minimum Gasteiger partial charge on any atom is -0.399 e. The molecular weight excluding hydrogens is 223 g/mol. The first-order valence-corrected chi connectivity index (χ1v) is 4.29. The molecule has 0 aromatic heterocycles. The predicted molar refractivity (Wildman–Crippen MR) is 53.7 cm³/mol. The van der Waals surface area contributed by atoms with Crippen LogP contribution in [0.15, 0.2) is 18.2 Å². The maximum absolute atomic E-state index is 11.8. The Balaban J connectivity index is 2.73. The molecule has 1 aromatic rings. The Labute approximate surface area is 89.4 Å². The molecule has 0 heterocycles. The average Bonchev–Trinajstić information content (AvgIpc) is 2.11. The summed E-state index contributed by atoms with van der Waals surface area (Å²) in [6.45, 7) is -1.39. The van der Waals surface area contributed by atoms with E-state index in [1.54, 1.807) is 5.32 Å². The van der Waals surface area contributed by atoms with Crippen LogP contribution >= 0.6 is 0 Å². The van der Waals surface area contributed by atoms with Gasteiger partial charge in [0.2, 0.25) is 0 Å². The number of nitrogens with one attached hydrogen (secondary N) is 1. The second-order valence-electron chi connectivity index (χ2n) is 3.19. The Kier molecular flexibility index (Phi) is 3.26. The monoisotopic (exact) mass is 233 g/mol. The highest BCUT2D eigenvalue weighted by molar-refractivity contribution is 5.96. The van der Waals surface area contributed by atoms with Gasteiger partial charge in [0, 0.05) is 16.9 Å². The third-order valence-electron chi connectivity index (χ3n) is 1.69. The van der Waals surface area contributed by atoms with Gasteiger partial charge in [-0.1, -0.05) is 0 Å². The van der Waals surface area contributed by atoms with E-state index in [9.17, 15) is 18.0 Å². The summed E-state index contributed by atoms with van der Waals surface area (Å²) in [6.07, 6.45) is -4.44. The first-order chi connectivity index (χ1) is 7.28. The number of hydrogen-bond acceptors (Lipinski definition) is 3. The van der Waals surface area contributed by atoms with E-state index in [0.29, 0.717) is 0 Å². The highest BCUT2D eigenvalue weighted by Gasteiger charge is 2.27. The van der Waals surface area contributed by atoms with E-state index < -0.39 is 18.6 Å². The zero-order valence-electron chi connectivity index (χ0n) is 8.14. The number of alkyl halides is 3. The lowest BCUT2D eigenvalue weighted by Gasteiger charge is -2.09. The first kappa shape index (κ1) is 12.2. The lowest BCUT2D eigenvalue weighted by Crippen LogP contribution is -2.33. The fraction of sp³-hybridized carbons (Fsp3) is 0.222. The van der Waals surface area contributed by atoms with E-state index in [2.05, 4.69) is 0 Å². The molecule has 0 atom stereocenters. The number of benzene rings is 1. The Morgan fingerprint density at radius 3 is 2.12 bits per heavy atom. The van der Waals surface area contributed by atoms with E-state index in [0.717, 1.165) is 0 Å². The van der Waals surface area contributed by atoms with Crippen molar-refractivity contribution in [2.75, 3.05) is 18.0 Å². The number of carbonyl (C=O) groups excluding carboxylic acids is 1. The van der Waals surface area contributed by atoms with Crippen LogP contribution in [0.25, 0.3) is 0 Å². The SMILES string of the molecule is Nc1cc(N)cc(C(=O)NCC(F)(F)F)c1. The molecule has 0 aliphatic heterocycles. The summed E-state index contributed by atoms with van der Waals surface area (Å²) in [6, 6.07) is 3.91. The Morgan fingerprint density at radius 1 is 1.19 bits per heavy atom. The first-order valence-electron chi connectivity index (χ1n) is 4.29. The van der Waals surface area contributed by atoms with Crippen molar-refractivity contribution in [2.24, 2.45) is 0 Å². The standard InChI is InChI=1S/C9H10F3N3O/c10-9(11,12)4-15-8(16)5-1-6(13)3-7(14)2-5/h1-3H,4,13-14H2,(H,15,16). The van der Waals surface area contributed by atoms with Crippen LogP contribution in [0.5, 0.6) is 0 Å². The molecule has 1 rings (SSSR count). The quantitative estimate of drug-likeness (QED) is 0.670. The molecule has 16 heavy (non-hydrogen) atoms. The van der Waals surface area contributed by atoms with Gasteiger partial charge in [-0.25, -0.2) is 0 Å². The summed E-state index contributed by atoms with van der Waals surface area (Å²) in [4.78, 5) is 11.3. The van der Waals surface area contributed by atoms with E-state index >= 15 is 0 Å². The smallest absolute Gasteiger partial charge is 0.399 e. The Hall–Kier alpha value is -1.92. The number of nitrogen functional groups attached to an aromatic ring is 2. The van der Waals surface area contributed by atoms with Gasteiger partial charge >= 0.3 is 6.18 Å². The van der Waals surface area contributed by atoms with Gasteiger partial charge in [-0.2, -0.15) is 13.2 Å². The summed E-state index contributed by atoms with van der Waals surface area (Å²) in [5.74, 6) is -0.865. The molecule has 4 nitrogen and oxygen atoms in total. The van der Waals surface area contributed by atoms with Crippen molar-refractivity contribution in [3.63, 3.8) is 0 Å². The lowest BCUT2D eigenvalue weighted by molar-refractivity contribution is -0.123. The lowest BCUT2D eigenvalue weighted by atomic mass is 10.1. The maximum Gasteiger partial charge on any atom is 0.405 e. The van der Waals surface area contributed by atoms with Gasteiger partial charge in [0.1, 0.15) is 6.54 Å². The molecule has 0 aliphatic carbocycles. The Bertz CT molecular complexity index is 383. The van der Waals surface area contributed by atoms with Gasteiger partial charge in [-0.3, -0.25) is 4.79 Å². The molecule has 7 heteroatoms. The molecule has 0 bridgehead atoms. The van der Waals surface area contributed by atoms with E-state index in [1.807, 2.05) is 0 Å². The molecule has 1 amide bonds. The highest BCUT2D eigenvalue weighted by atomic mass is 19.4. The second-order valence-corrected chi connectivity index (χ2v) is 3.19. The largest absolute Gasteiger partial charge is 0.405 e. The third-order valence-corrected chi connectivity index (χ3v) is 1.69. The molecule has 0 spiro atoms. The molecular formula is C9H10F3N3O. The van der Waals surface area contributed by atoms with E-state index in [1.165, 1.54) is 18.2 Å². The van der Waals surface area contributed by atoms with Crippen LogP contribution < -0.4 is 16.8 Å². The van der Waals surface area contributed by atoms with Crippen molar-refractivity contribution in [2.45, 2.75) is 6.18 Å². The molecule has 0 fully saturated rings. The summed E-state index contributed by atoms with van der Waals surface area (Å²) >= 11 is 0. The number of amides is 1. The van der Waals surface area contributed by atoms with Gasteiger partial charge in [-0.15, -0.1) is 0 Å². The molecule has 0 saturated carbocycles. The average molecular weight is 233 g/mol. The number of hydrogen-bond donors (Lipinski definition) is 3. The number of halogens is 3. The molecule has 1 aromatic carbocycles. The topological polar surface area (TPSA) is 81.1 Å². The van der Waals surface area contributed by atoms with Crippen LogP contribution in [0.3, 0.4) is 0 Å². The van der Waals surface area contributed by atoms with Crippen LogP contribution in [0.1, 0.15) is 10.4 Å². The maximum atomic E-state index is 11.8. The van der Waals surface area contributed by atoms with E-state index in [4.69, 9.17) is 11.5 Å². The van der Waals surface area contributed by atoms with Gasteiger partial charge in [0.25, 0.3) is 5.91 Å². The predicted octanol–water partition coefficient (Wildman–Crippen LogP) is 1.14. The summed E-state index contributed by atoms with van der Waals surface area (Å²) < 4.78 is 35.5. The number of anilines is 2. The van der Waals surface area contributed by atoms with Crippen molar-refractivity contribution in [3.05, 3.63) is 23.8 Å². The van der Waals surface area contributed by atoms with Gasteiger partial charge in [0.05, 0.1) is 0 Å². The fourth-order valence-corrected chi connectivity index (χ4v) is 1.09. The molecule has 5 N–H and O–H groups in total. The summed E-state index contributed by atoms with van der Waals surface area (Å²) in [5, 5.41) is 1.72. The van der Waals surface area contributed by atoms with Crippen LogP contribution in [0, 0.1) is 0 Å². The van der Waals surface area contributed by atoms with Crippen molar-refractivity contribution < 1.29 is 18.0 Å². The number of rotatable bonds is 2. The van der Waals surface area contributed by atoms with Crippen molar-refractivity contribution in [1.82, 2.24) is 5.32 Å². The normalized spacial score (nSPS) is 11.2. The van der Waals surface area contributed by atoms with Crippen LogP contribution in [-0.4, -0.2) is 18.6 Å². The van der Waals surface area contributed by atoms with Crippen molar-refractivity contribution in [1.29, 1.82) is 0 Å². The minimum absolute atomic E-state index is 0.00162. The molecule has 0 saturated heterocycles. The zero-order valence-corrected chi connectivity index (χ0v) is 8.14.